The van der Waals surface area contributed by atoms with E-state index in [0.717, 1.165) is 6.92 Å². The number of allylic oxidation sites excluding steroid dienone is 4. The van der Waals surface area contributed by atoms with E-state index in [0.29, 0.717) is 24.8 Å². The zero-order chi connectivity index (χ0) is 34.9. The van der Waals surface area contributed by atoms with Crippen LogP contribution in [0.25, 0.3) is 0 Å². The molecule has 4 aliphatic rings. The van der Waals surface area contributed by atoms with Crippen LogP contribution in [0, 0.1) is 28.6 Å². The Bertz CT molecular complexity index is 1340. The van der Waals surface area contributed by atoms with E-state index in [1.54, 1.807) is 20.8 Å². The molecule has 4 rings (SSSR count). The molecule has 0 spiro atoms. The minimum absolute atomic E-state index is 0.0732. The maximum Gasteiger partial charge on any atom is 0.329 e. The fourth-order valence-corrected chi connectivity index (χ4v) is 8.68. The van der Waals surface area contributed by atoms with Crippen molar-refractivity contribution in [3.8, 4) is 0 Å². The first-order chi connectivity index (χ1) is 21.9. The van der Waals surface area contributed by atoms with Gasteiger partial charge in [-0.15, -0.1) is 0 Å². The summed E-state index contributed by atoms with van der Waals surface area (Å²) < 4.78 is 27.6. The van der Waals surface area contributed by atoms with Crippen LogP contribution >= 0.6 is 0 Å². The number of ether oxygens (including phenoxy) is 2. The highest BCUT2D eigenvalue weighted by Crippen LogP contribution is 2.70. The van der Waals surface area contributed by atoms with Crippen LogP contribution in [0.1, 0.15) is 72.6 Å². The number of nitrogens with zero attached hydrogens (tertiary/aromatic N) is 1. The van der Waals surface area contributed by atoms with Crippen molar-refractivity contribution in [2.24, 2.45) is 28.6 Å². The first-order valence-corrected chi connectivity index (χ1v) is 15.9. The molecule has 15 heteroatoms. The molecule has 0 aromatic carbocycles. The van der Waals surface area contributed by atoms with Gasteiger partial charge in [0.05, 0.1) is 31.1 Å². The number of alkyl halides is 1. The molecule has 1 unspecified atom stereocenters. The minimum atomic E-state index is -2.14. The van der Waals surface area contributed by atoms with Crippen LogP contribution in [0.15, 0.2) is 23.8 Å². The molecule has 4 aliphatic carbocycles. The number of aliphatic hydroxyl groups is 2. The van der Waals surface area contributed by atoms with Gasteiger partial charge in [0.15, 0.2) is 18.1 Å². The average Bonchev–Trinajstić information content (AvgIpc) is 3.19. The molecule has 5 N–H and O–H groups in total. The number of hydrogen-bond acceptors (Lipinski definition) is 13. The molecule has 0 aromatic rings. The van der Waals surface area contributed by atoms with E-state index in [2.05, 4.69) is 10.2 Å². The van der Waals surface area contributed by atoms with Crippen molar-refractivity contribution in [1.29, 1.82) is 0 Å². The number of unbranched alkanes of at least 4 members (excludes halogenated alkanes) is 1. The van der Waals surface area contributed by atoms with Crippen molar-refractivity contribution in [2.75, 3.05) is 19.8 Å². The van der Waals surface area contributed by atoms with Gasteiger partial charge in [0, 0.05) is 23.7 Å². The van der Waals surface area contributed by atoms with Crippen LogP contribution in [0.5, 0.6) is 0 Å². The Labute approximate surface area is 271 Å². The number of hydrogen-bond donors (Lipinski definition) is 5. The normalized spacial score (nSPS) is 36.5. The van der Waals surface area contributed by atoms with Crippen molar-refractivity contribution in [3.05, 3.63) is 23.8 Å². The number of carbonyl (C=O) groups excluding carboxylic acids is 5. The summed E-state index contributed by atoms with van der Waals surface area (Å²) in [5.41, 5.74) is -6.08. The molecule has 1 amide bonds. The molecule has 0 radical (unpaired) electrons. The largest absolute Gasteiger partial charge is 0.464 e. The monoisotopic (exact) mass is 668 g/mol. The van der Waals surface area contributed by atoms with E-state index in [-0.39, 0.29) is 38.3 Å². The maximum atomic E-state index is 17.4. The number of esters is 2. The Balaban J connectivity index is 1.42. The standard InChI is InChI=1S/C32H45FN2O12/c1-18-13-23-22-8-7-20-14-21(37)9-10-29(20,3)31(22,33)25(38)16-30(23,4)32(18,42)26(39)17-46-27(40)15-24(34-19(2)36)28(41)45-11-5-6-12-47-35(43)44/h9-10,14,18,22-25,38,42-44H,5-8,11-13,15-17H2,1-4H3,(H,34,36)/t18-,22+,23+,24?,25+,29+,30+,31+,32+/m1/s1. The van der Waals surface area contributed by atoms with Gasteiger partial charge < -0.3 is 25.0 Å². The zero-order valence-electron chi connectivity index (χ0n) is 27.1. The van der Waals surface area contributed by atoms with Crippen molar-refractivity contribution >= 4 is 29.4 Å². The van der Waals surface area contributed by atoms with E-state index >= 15 is 4.39 Å². The van der Waals surface area contributed by atoms with Gasteiger partial charge in [-0.05, 0) is 69.4 Å². The lowest BCUT2D eigenvalue weighted by Crippen LogP contribution is -2.69. The second kappa shape index (κ2) is 13.8. The summed E-state index contributed by atoms with van der Waals surface area (Å²) >= 11 is 0. The van der Waals surface area contributed by atoms with Crippen LogP contribution in [0.4, 0.5) is 4.39 Å². The molecule has 0 bridgehead atoms. The second-order valence-electron chi connectivity index (χ2n) is 13.7. The maximum absolute atomic E-state index is 17.4. The molecule has 262 valence electrons. The second-order valence-corrected chi connectivity index (χ2v) is 13.7. The van der Waals surface area contributed by atoms with Crippen molar-refractivity contribution in [3.63, 3.8) is 0 Å². The molecule has 3 fully saturated rings. The van der Waals surface area contributed by atoms with E-state index in [1.807, 2.05) is 0 Å². The molecule has 9 atom stereocenters. The number of carbonyl (C=O) groups is 5. The third kappa shape index (κ3) is 6.53. The first-order valence-electron chi connectivity index (χ1n) is 15.9. The lowest BCUT2D eigenvalue weighted by molar-refractivity contribution is -0.492. The van der Waals surface area contributed by atoms with E-state index in [9.17, 15) is 34.2 Å². The molecule has 0 aliphatic heterocycles. The van der Waals surface area contributed by atoms with Gasteiger partial charge >= 0.3 is 11.9 Å². The van der Waals surface area contributed by atoms with Crippen molar-refractivity contribution in [1.82, 2.24) is 10.7 Å². The minimum Gasteiger partial charge on any atom is -0.464 e. The van der Waals surface area contributed by atoms with Crippen LogP contribution in [-0.2, 0) is 38.3 Å². The Morgan fingerprint density at radius 3 is 2.47 bits per heavy atom. The number of aliphatic hydroxyl groups excluding tert-OH is 1. The predicted molar refractivity (Wildman–Crippen MR) is 158 cm³/mol. The first kappa shape index (κ1) is 36.8. The number of ketones is 2. The lowest BCUT2D eigenvalue weighted by atomic mass is 9.44. The summed E-state index contributed by atoms with van der Waals surface area (Å²) in [5.74, 6) is -5.53. The quantitative estimate of drug-likeness (QED) is 0.108. The van der Waals surface area contributed by atoms with Crippen LogP contribution < -0.4 is 5.32 Å². The highest BCUT2D eigenvalue weighted by Gasteiger charge is 2.75. The fraction of sp³-hybridized carbons (Fsp3) is 0.719. The van der Waals surface area contributed by atoms with E-state index < -0.39 is 94.0 Å². The molecular formula is C32H45FN2O12. The van der Waals surface area contributed by atoms with Gasteiger partial charge in [0.25, 0.3) is 0 Å². The van der Waals surface area contributed by atoms with E-state index in [4.69, 9.17) is 19.9 Å². The Morgan fingerprint density at radius 1 is 1.13 bits per heavy atom. The summed E-state index contributed by atoms with van der Waals surface area (Å²) in [5, 5.41) is 42.4. The topological polar surface area (TPSA) is 209 Å². The zero-order valence-corrected chi connectivity index (χ0v) is 27.1. The summed E-state index contributed by atoms with van der Waals surface area (Å²) in [6.07, 6.45) is 3.41. The number of Topliss-reactive ketones (excluding diaryl/α,β-unsaturated/α-hetero) is 1. The molecule has 14 nitrogen and oxygen atoms in total. The van der Waals surface area contributed by atoms with Crippen molar-refractivity contribution < 1.29 is 63.3 Å². The van der Waals surface area contributed by atoms with Gasteiger partial charge in [-0.1, -0.05) is 25.5 Å². The third-order valence-electron chi connectivity index (χ3n) is 11.0. The Hall–Kier alpha value is -3.08. The van der Waals surface area contributed by atoms with Crippen LogP contribution in [0.2, 0.25) is 0 Å². The van der Waals surface area contributed by atoms with Gasteiger partial charge in [-0.25, -0.2) is 9.18 Å². The van der Waals surface area contributed by atoms with E-state index in [1.165, 1.54) is 18.2 Å². The SMILES string of the molecule is CC(=O)NC(CC(=O)OCC(=O)[C@@]1(O)[C@H](C)C[C@H]2[C@@H]3CCC4=CC(=O)C=C[C@]4(C)[C@@]3(F)[C@@H](O)C[C@@]21C)C(=O)OCCCCON(O)O. The van der Waals surface area contributed by atoms with Crippen molar-refractivity contribution in [2.45, 2.75) is 96.1 Å². The summed E-state index contributed by atoms with van der Waals surface area (Å²) in [4.78, 5) is 67.1. The van der Waals surface area contributed by atoms with Gasteiger partial charge in [-0.3, -0.25) is 34.4 Å². The highest BCUT2D eigenvalue weighted by atomic mass is 19.1. The molecular weight excluding hydrogens is 623 g/mol. The number of rotatable bonds is 13. The number of fused-ring (bicyclic) bond motifs is 5. The summed E-state index contributed by atoms with van der Waals surface area (Å²) in [6.45, 7) is 5.10. The number of nitrogens with one attached hydrogen (secondary N) is 1. The molecule has 0 saturated heterocycles. The Morgan fingerprint density at radius 2 is 1.81 bits per heavy atom. The van der Waals surface area contributed by atoms with Gasteiger partial charge in [-0.2, -0.15) is 0 Å². The molecule has 47 heavy (non-hydrogen) atoms. The third-order valence-corrected chi connectivity index (χ3v) is 11.0. The summed E-state index contributed by atoms with van der Waals surface area (Å²) in [6, 6.07) is -1.42. The molecule has 0 aromatic heterocycles. The van der Waals surface area contributed by atoms with Crippen LogP contribution in [0.3, 0.4) is 0 Å². The molecule has 3 saturated carbocycles. The fourth-order valence-electron chi connectivity index (χ4n) is 8.68. The Kier molecular flexibility index (Phi) is 10.8. The van der Waals surface area contributed by atoms with Crippen LogP contribution in [-0.4, -0.2) is 98.7 Å². The number of amides is 1. The number of halogens is 1. The smallest absolute Gasteiger partial charge is 0.329 e. The predicted octanol–water partition coefficient (Wildman–Crippen LogP) is 1.68. The summed E-state index contributed by atoms with van der Waals surface area (Å²) in [7, 11) is 0. The lowest BCUT2D eigenvalue weighted by Gasteiger charge is -2.62. The highest BCUT2D eigenvalue weighted by molar-refractivity contribution is 6.01. The average molecular weight is 669 g/mol. The van der Waals surface area contributed by atoms with Gasteiger partial charge in [0.1, 0.15) is 11.6 Å². The van der Waals surface area contributed by atoms with Gasteiger partial charge in [0.2, 0.25) is 11.7 Å². The molecule has 0 heterocycles.